The topological polar surface area (TPSA) is 182 Å². The quantitative estimate of drug-likeness (QED) is 0.0875. The van der Waals surface area contributed by atoms with Crippen LogP contribution in [0.2, 0.25) is 0 Å². The Kier molecular flexibility index (Phi) is 17.6. The van der Waals surface area contributed by atoms with Gasteiger partial charge in [-0.25, -0.2) is 9.59 Å². The fraction of sp³-hybridized carbons (Fsp3) is 0.523. The summed E-state index contributed by atoms with van der Waals surface area (Å²) in [6.45, 7) is 9.45. The molecule has 4 N–H and O–H groups in total. The second-order valence-corrected chi connectivity index (χ2v) is 15.3. The number of ether oxygens (including phenoxy) is 4. The molecule has 4 rings (SSSR count). The lowest BCUT2D eigenvalue weighted by molar-refractivity contribution is -0.135. The zero-order valence-electron chi connectivity index (χ0n) is 34.3. The molecule has 1 saturated heterocycles. The minimum absolute atomic E-state index is 0.116. The Morgan fingerprint density at radius 2 is 1.53 bits per heavy atom. The number of nitrogens with two attached hydrogens (primary N) is 1. The minimum Gasteiger partial charge on any atom is -0.444 e. The molecular weight excluding hydrogens is 743 g/mol. The first-order valence-corrected chi connectivity index (χ1v) is 19.9. The number of nitrogens with zero attached hydrogens (tertiary/aromatic N) is 2. The molecule has 1 unspecified atom stereocenters. The molecule has 14 nitrogen and oxygen atoms in total. The number of benzene rings is 2. The summed E-state index contributed by atoms with van der Waals surface area (Å²) < 4.78 is 25.7. The van der Waals surface area contributed by atoms with Crippen molar-refractivity contribution in [1.29, 1.82) is 0 Å². The zero-order valence-corrected chi connectivity index (χ0v) is 34.3. The van der Waals surface area contributed by atoms with Gasteiger partial charge < -0.3 is 30.0 Å². The van der Waals surface area contributed by atoms with Gasteiger partial charge in [-0.2, -0.15) is 0 Å². The summed E-state index contributed by atoms with van der Waals surface area (Å²) in [7, 11) is 1.66. The summed E-state index contributed by atoms with van der Waals surface area (Å²) in [6, 6.07) is 12.0. The van der Waals surface area contributed by atoms with Crippen LogP contribution in [-0.2, 0) is 47.0 Å². The summed E-state index contributed by atoms with van der Waals surface area (Å²) in [5, 5.41) is 5.12. The number of fused-ring (bicyclic) bond motifs is 1. The summed E-state index contributed by atoms with van der Waals surface area (Å²) in [5.41, 5.74) is 8.22. The predicted molar refractivity (Wildman–Crippen MR) is 219 cm³/mol. The van der Waals surface area contributed by atoms with E-state index >= 15 is 0 Å². The molecule has 2 aromatic carbocycles. The average molecular weight is 800 g/mol. The number of unbranched alkanes of at least 4 members (excludes halogenated alkanes) is 4. The molecule has 312 valence electrons. The average Bonchev–Trinajstić information content (AvgIpc) is 3.41. The zero-order chi connectivity index (χ0) is 42.1. The number of alkyl carbamates (subject to hydrolysis) is 1. The standard InChI is InChI=1S/C44H57N5O9/c1-31(35(20-23-39(45)50)46-42(53)58-44(2,3)4)57-30-34-17-15-32(16-18-34)13-11-27-55-25-9-7-6-8-10-26-56-28-12-14-33-19-21-36-38(29-33)48(5)43(54)49(36)37-22-24-40(51)47-41(37)52/h15-19,21,29,31,35,37H,6-10,20,22-28,30H2,1-5H3,(H2,45,50)(H,46,53)(H,47,51,52)/t31-,35+,37?/m1/s1. The molecule has 0 aliphatic carbocycles. The van der Waals surface area contributed by atoms with Gasteiger partial charge in [-0.1, -0.05) is 55.1 Å². The van der Waals surface area contributed by atoms with E-state index in [0.717, 1.165) is 48.8 Å². The van der Waals surface area contributed by atoms with Gasteiger partial charge in [0.1, 0.15) is 24.9 Å². The van der Waals surface area contributed by atoms with Gasteiger partial charge in [0.05, 0.1) is 29.8 Å². The molecule has 3 atom stereocenters. The third kappa shape index (κ3) is 14.8. The second-order valence-electron chi connectivity index (χ2n) is 15.3. The van der Waals surface area contributed by atoms with Crippen LogP contribution in [0.3, 0.4) is 0 Å². The first kappa shape index (κ1) is 45.3. The molecule has 0 spiro atoms. The highest BCUT2D eigenvalue weighted by molar-refractivity contribution is 6.00. The molecule has 1 aromatic heterocycles. The Bertz CT molecular complexity index is 2060. The van der Waals surface area contributed by atoms with Crippen LogP contribution in [0.1, 0.15) is 108 Å². The van der Waals surface area contributed by atoms with E-state index in [1.54, 1.807) is 33.9 Å². The van der Waals surface area contributed by atoms with Crippen molar-refractivity contribution in [3.05, 3.63) is 69.6 Å². The Morgan fingerprint density at radius 3 is 2.16 bits per heavy atom. The molecule has 1 fully saturated rings. The van der Waals surface area contributed by atoms with E-state index in [1.807, 2.05) is 43.3 Å². The molecule has 0 saturated carbocycles. The second kappa shape index (κ2) is 22.5. The number of carbonyl (C=O) groups excluding carboxylic acids is 4. The van der Waals surface area contributed by atoms with Crippen LogP contribution in [0, 0.1) is 23.7 Å². The van der Waals surface area contributed by atoms with Gasteiger partial charge in [-0.3, -0.25) is 28.8 Å². The molecule has 2 heterocycles. The van der Waals surface area contributed by atoms with Crippen molar-refractivity contribution in [2.24, 2.45) is 12.8 Å². The maximum absolute atomic E-state index is 12.9. The molecule has 1 aliphatic heterocycles. The maximum atomic E-state index is 12.9. The van der Waals surface area contributed by atoms with Crippen molar-refractivity contribution in [1.82, 2.24) is 19.8 Å². The van der Waals surface area contributed by atoms with E-state index in [2.05, 4.69) is 34.3 Å². The van der Waals surface area contributed by atoms with Crippen molar-refractivity contribution >= 4 is 34.8 Å². The highest BCUT2D eigenvalue weighted by Gasteiger charge is 2.31. The van der Waals surface area contributed by atoms with Gasteiger partial charge in [0.15, 0.2) is 0 Å². The Balaban J connectivity index is 1.05. The number of imidazole rings is 1. The normalized spacial score (nSPS) is 15.1. The van der Waals surface area contributed by atoms with Crippen molar-refractivity contribution in [3.8, 4) is 23.7 Å². The molecule has 0 bridgehead atoms. The van der Waals surface area contributed by atoms with Crippen molar-refractivity contribution in [3.63, 3.8) is 0 Å². The largest absolute Gasteiger partial charge is 0.444 e. The van der Waals surface area contributed by atoms with Crippen LogP contribution in [0.5, 0.6) is 0 Å². The lowest BCUT2D eigenvalue weighted by atomic mass is 10.1. The number of aromatic nitrogens is 2. The Labute approximate surface area is 340 Å². The SMILES string of the molecule is C[C@@H](OCc1ccc(C#CCOCCCCCCCOCC#Cc2ccc3c(c2)n(C)c(=O)n3C2CCC(=O)NC2=O)cc1)[C@H](CCC(N)=O)NC(=O)OC(C)(C)C. The molecule has 58 heavy (non-hydrogen) atoms. The van der Waals surface area contributed by atoms with Gasteiger partial charge in [0.2, 0.25) is 17.7 Å². The predicted octanol–water partition coefficient (Wildman–Crippen LogP) is 4.77. The summed E-state index contributed by atoms with van der Waals surface area (Å²) in [5.74, 6) is 11.1. The lowest BCUT2D eigenvalue weighted by Crippen LogP contribution is -2.45. The number of imide groups is 1. The van der Waals surface area contributed by atoms with E-state index in [4.69, 9.17) is 24.7 Å². The summed E-state index contributed by atoms with van der Waals surface area (Å²) in [6.07, 6.45) is 5.10. The number of carbonyl (C=O) groups is 4. The van der Waals surface area contributed by atoms with Gasteiger partial charge in [0, 0.05) is 44.2 Å². The molecular formula is C44H57N5O9. The van der Waals surface area contributed by atoms with Crippen LogP contribution >= 0.6 is 0 Å². The molecule has 0 radical (unpaired) electrons. The van der Waals surface area contributed by atoms with Crippen molar-refractivity contribution in [2.75, 3.05) is 26.4 Å². The van der Waals surface area contributed by atoms with E-state index in [9.17, 15) is 24.0 Å². The smallest absolute Gasteiger partial charge is 0.407 e. The van der Waals surface area contributed by atoms with Crippen LogP contribution in [-0.4, -0.2) is 77.1 Å². The highest BCUT2D eigenvalue weighted by atomic mass is 16.6. The number of aryl methyl sites for hydroxylation is 1. The number of rotatable bonds is 19. The number of piperidine rings is 1. The fourth-order valence-corrected chi connectivity index (χ4v) is 6.34. The fourth-order valence-electron chi connectivity index (χ4n) is 6.34. The monoisotopic (exact) mass is 799 g/mol. The van der Waals surface area contributed by atoms with E-state index < -0.39 is 35.6 Å². The number of nitrogens with one attached hydrogen (secondary N) is 2. The number of primary amides is 1. The Hall–Kier alpha value is -5.41. The summed E-state index contributed by atoms with van der Waals surface area (Å²) in [4.78, 5) is 60.6. The molecule has 3 aromatic rings. The third-order valence-corrected chi connectivity index (χ3v) is 9.44. The van der Waals surface area contributed by atoms with E-state index in [0.29, 0.717) is 50.5 Å². The van der Waals surface area contributed by atoms with E-state index in [1.165, 1.54) is 9.13 Å². The third-order valence-electron chi connectivity index (χ3n) is 9.44. The van der Waals surface area contributed by atoms with Crippen LogP contribution in [0.25, 0.3) is 11.0 Å². The molecule has 4 amide bonds. The number of amides is 4. The van der Waals surface area contributed by atoms with Gasteiger partial charge >= 0.3 is 11.8 Å². The van der Waals surface area contributed by atoms with Crippen LogP contribution in [0.15, 0.2) is 47.3 Å². The van der Waals surface area contributed by atoms with Gasteiger partial charge in [-0.15, -0.1) is 0 Å². The number of hydrogen-bond acceptors (Lipinski definition) is 9. The first-order chi connectivity index (χ1) is 27.7. The van der Waals surface area contributed by atoms with Gasteiger partial charge in [0.25, 0.3) is 0 Å². The highest BCUT2D eigenvalue weighted by Crippen LogP contribution is 2.23. The number of hydrogen-bond donors (Lipinski definition) is 3. The van der Waals surface area contributed by atoms with Gasteiger partial charge in [-0.05, 0) is 89.3 Å². The van der Waals surface area contributed by atoms with E-state index in [-0.39, 0.29) is 37.0 Å². The summed E-state index contributed by atoms with van der Waals surface area (Å²) >= 11 is 0. The first-order valence-electron chi connectivity index (χ1n) is 19.9. The lowest BCUT2D eigenvalue weighted by Gasteiger charge is -2.27. The minimum atomic E-state index is -0.719. The maximum Gasteiger partial charge on any atom is 0.407 e. The van der Waals surface area contributed by atoms with Crippen LogP contribution < -0.4 is 22.1 Å². The molecule has 14 heteroatoms. The molecule has 1 aliphatic rings. The van der Waals surface area contributed by atoms with Crippen molar-refractivity contribution < 1.29 is 38.1 Å². The van der Waals surface area contributed by atoms with Crippen molar-refractivity contribution in [2.45, 2.75) is 116 Å². The van der Waals surface area contributed by atoms with Crippen LogP contribution in [0.4, 0.5) is 4.79 Å². The Morgan fingerprint density at radius 1 is 0.914 bits per heavy atom.